The first-order valence-electron chi connectivity index (χ1n) is 11.0. The van der Waals surface area contributed by atoms with Crippen LogP contribution in [0.2, 0.25) is 5.02 Å². The number of hydrogen-bond acceptors (Lipinski definition) is 7. The van der Waals surface area contributed by atoms with Crippen LogP contribution in [0.1, 0.15) is 23.6 Å². The minimum atomic E-state index is -0.460. The van der Waals surface area contributed by atoms with Gasteiger partial charge in [-0.15, -0.1) is 0 Å². The summed E-state index contributed by atoms with van der Waals surface area (Å²) in [7, 11) is 0. The molecule has 0 aromatic heterocycles. The van der Waals surface area contributed by atoms with Gasteiger partial charge in [0.05, 0.1) is 27.1 Å². The first-order valence-corrected chi connectivity index (χ1v) is 12.2. The number of amides is 1. The fourth-order valence-electron chi connectivity index (χ4n) is 3.36. The topological polar surface area (TPSA) is 103 Å². The first kappa shape index (κ1) is 25.3. The number of ether oxygens (including phenoxy) is 2. The number of nitro groups is 1. The Morgan fingerprint density at radius 1 is 1.14 bits per heavy atom. The average molecular weight is 524 g/mol. The maximum atomic E-state index is 12.5. The third kappa shape index (κ3) is 6.24. The fourth-order valence-corrected chi connectivity index (χ4v) is 4.47. The van der Waals surface area contributed by atoms with Crippen LogP contribution in [0.4, 0.5) is 11.4 Å². The molecule has 36 heavy (non-hydrogen) atoms. The lowest BCUT2D eigenvalue weighted by atomic mass is 10.1. The van der Waals surface area contributed by atoms with Gasteiger partial charge in [0.15, 0.2) is 16.7 Å². The van der Waals surface area contributed by atoms with Crippen molar-refractivity contribution in [2.75, 3.05) is 6.61 Å². The van der Waals surface area contributed by atoms with Crippen LogP contribution in [0.5, 0.6) is 11.5 Å². The van der Waals surface area contributed by atoms with E-state index >= 15 is 0 Å². The monoisotopic (exact) mass is 523 g/mol. The number of benzene rings is 3. The minimum absolute atomic E-state index is 0.0215. The molecule has 10 heteroatoms. The summed E-state index contributed by atoms with van der Waals surface area (Å²) in [5.74, 6) is 0.461. The van der Waals surface area contributed by atoms with Gasteiger partial charge >= 0.3 is 0 Å². The second-order valence-electron chi connectivity index (χ2n) is 7.80. The summed E-state index contributed by atoms with van der Waals surface area (Å²) in [6, 6.07) is 17.3. The standard InChI is InChI=1S/C26H22ClN3O5S/c1-3-34-22-13-18(12-21(27)24(22)35-15-17-5-4-6-20(11-17)30(32)33)14-23-25(31)29-26(36-23)28-19-9-7-16(2)8-10-19/h4-14H,3,15H2,1-2H3,(H,28,29,31)/b23-14+. The van der Waals surface area contributed by atoms with Crippen LogP contribution in [0, 0.1) is 17.0 Å². The van der Waals surface area contributed by atoms with E-state index in [0.717, 1.165) is 11.3 Å². The number of non-ortho nitro benzene ring substituents is 1. The molecule has 1 aliphatic rings. The molecule has 0 unspecified atom stereocenters. The quantitative estimate of drug-likeness (QED) is 0.207. The number of aliphatic imine (C=N–C) groups is 1. The number of amidine groups is 1. The molecule has 1 amide bonds. The van der Waals surface area contributed by atoms with Crippen molar-refractivity contribution in [3.8, 4) is 11.5 Å². The van der Waals surface area contributed by atoms with E-state index in [0.29, 0.717) is 39.3 Å². The molecule has 0 spiro atoms. The van der Waals surface area contributed by atoms with Crippen LogP contribution in [0.3, 0.4) is 0 Å². The predicted molar refractivity (Wildman–Crippen MR) is 142 cm³/mol. The number of nitrogens with one attached hydrogen (secondary N) is 1. The van der Waals surface area contributed by atoms with Gasteiger partial charge in [0.2, 0.25) is 0 Å². The van der Waals surface area contributed by atoms with Gasteiger partial charge in [0.25, 0.3) is 11.6 Å². The average Bonchev–Trinajstić information content (AvgIpc) is 3.18. The molecule has 1 heterocycles. The second kappa shape index (κ2) is 11.3. The molecule has 1 aliphatic heterocycles. The zero-order valence-corrected chi connectivity index (χ0v) is 21.1. The Hall–Kier alpha value is -3.82. The van der Waals surface area contributed by atoms with Gasteiger partial charge in [0.1, 0.15) is 6.61 Å². The lowest BCUT2D eigenvalue weighted by molar-refractivity contribution is -0.384. The van der Waals surface area contributed by atoms with E-state index in [1.54, 1.807) is 30.3 Å². The third-order valence-corrected chi connectivity index (χ3v) is 6.24. The molecular formula is C26H22ClN3O5S. The van der Waals surface area contributed by atoms with E-state index in [4.69, 9.17) is 21.1 Å². The SMILES string of the molecule is CCOc1cc(/C=C2/SC(=Nc3ccc(C)cc3)NC2=O)cc(Cl)c1OCc1cccc([N+](=O)[O-])c1. The van der Waals surface area contributed by atoms with Crippen molar-refractivity contribution in [1.82, 2.24) is 5.32 Å². The molecule has 3 aromatic carbocycles. The van der Waals surface area contributed by atoms with Crippen molar-refractivity contribution in [3.63, 3.8) is 0 Å². The number of nitro benzene ring substituents is 1. The molecule has 1 N–H and O–H groups in total. The summed E-state index contributed by atoms with van der Waals surface area (Å²) in [6.45, 7) is 4.26. The minimum Gasteiger partial charge on any atom is -0.490 e. The number of rotatable bonds is 8. The molecule has 0 aliphatic carbocycles. The number of hydrogen-bond donors (Lipinski definition) is 1. The maximum Gasteiger partial charge on any atom is 0.269 e. The van der Waals surface area contributed by atoms with E-state index in [9.17, 15) is 14.9 Å². The van der Waals surface area contributed by atoms with Gasteiger partial charge in [-0.25, -0.2) is 4.99 Å². The molecule has 3 aromatic rings. The highest BCUT2D eigenvalue weighted by molar-refractivity contribution is 8.18. The van der Waals surface area contributed by atoms with Crippen molar-refractivity contribution in [3.05, 3.63) is 97.4 Å². The fraction of sp³-hybridized carbons (Fsp3) is 0.154. The highest BCUT2D eigenvalue weighted by Crippen LogP contribution is 2.39. The van der Waals surface area contributed by atoms with E-state index in [1.165, 1.54) is 23.9 Å². The van der Waals surface area contributed by atoms with Gasteiger partial charge in [-0.1, -0.05) is 41.4 Å². The number of nitrogens with zero attached hydrogens (tertiary/aromatic N) is 2. The highest BCUT2D eigenvalue weighted by atomic mass is 35.5. The van der Waals surface area contributed by atoms with Crippen molar-refractivity contribution < 1.29 is 19.2 Å². The zero-order chi connectivity index (χ0) is 25.7. The van der Waals surface area contributed by atoms with E-state index in [1.807, 2.05) is 38.1 Å². The number of carbonyl (C=O) groups is 1. The lowest BCUT2D eigenvalue weighted by Gasteiger charge is -2.14. The Balaban J connectivity index is 1.55. The molecular weight excluding hydrogens is 502 g/mol. The largest absolute Gasteiger partial charge is 0.490 e. The number of halogens is 1. The second-order valence-corrected chi connectivity index (χ2v) is 9.23. The Labute approximate surface area is 217 Å². The van der Waals surface area contributed by atoms with E-state index in [-0.39, 0.29) is 23.2 Å². The van der Waals surface area contributed by atoms with Crippen molar-refractivity contribution in [2.24, 2.45) is 4.99 Å². The predicted octanol–water partition coefficient (Wildman–Crippen LogP) is 6.43. The summed E-state index contributed by atoms with van der Waals surface area (Å²) in [5.41, 5.74) is 3.12. The van der Waals surface area contributed by atoms with Crippen LogP contribution in [0.25, 0.3) is 6.08 Å². The smallest absolute Gasteiger partial charge is 0.269 e. The Bertz CT molecular complexity index is 1370. The molecule has 4 rings (SSSR count). The highest BCUT2D eigenvalue weighted by Gasteiger charge is 2.24. The van der Waals surface area contributed by atoms with Crippen LogP contribution >= 0.6 is 23.4 Å². The number of aryl methyl sites for hydroxylation is 1. The zero-order valence-electron chi connectivity index (χ0n) is 19.5. The summed E-state index contributed by atoms with van der Waals surface area (Å²) >= 11 is 7.75. The molecule has 1 saturated heterocycles. The molecule has 0 saturated carbocycles. The van der Waals surface area contributed by atoms with Gasteiger partial charge in [-0.05, 0) is 67.1 Å². The van der Waals surface area contributed by atoms with Crippen LogP contribution < -0.4 is 14.8 Å². The summed E-state index contributed by atoms with van der Waals surface area (Å²) in [5, 5.41) is 14.6. The first-order chi connectivity index (χ1) is 17.3. The number of carbonyl (C=O) groups excluding carboxylic acids is 1. The molecule has 8 nitrogen and oxygen atoms in total. The molecule has 0 radical (unpaired) electrons. The number of thioether (sulfide) groups is 1. The summed E-state index contributed by atoms with van der Waals surface area (Å²) in [6.07, 6.45) is 1.70. The van der Waals surface area contributed by atoms with Crippen LogP contribution in [0.15, 0.2) is 70.6 Å². The van der Waals surface area contributed by atoms with Crippen LogP contribution in [-0.2, 0) is 11.4 Å². The van der Waals surface area contributed by atoms with Crippen molar-refractivity contribution >= 4 is 51.9 Å². The summed E-state index contributed by atoms with van der Waals surface area (Å²) < 4.78 is 11.6. The Morgan fingerprint density at radius 2 is 1.92 bits per heavy atom. The van der Waals surface area contributed by atoms with Crippen molar-refractivity contribution in [2.45, 2.75) is 20.5 Å². The van der Waals surface area contributed by atoms with Gasteiger partial charge < -0.3 is 14.8 Å². The summed E-state index contributed by atoms with van der Waals surface area (Å²) in [4.78, 5) is 28.0. The molecule has 184 valence electrons. The van der Waals surface area contributed by atoms with Crippen LogP contribution in [-0.4, -0.2) is 22.6 Å². The van der Waals surface area contributed by atoms with Gasteiger partial charge in [0, 0.05) is 12.1 Å². The molecule has 1 fully saturated rings. The Morgan fingerprint density at radius 3 is 2.64 bits per heavy atom. The van der Waals surface area contributed by atoms with Gasteiger partial charge in [-0.3, -0.25) is 14.9 Å². The maximum absolute atomic E-state index is 12.5. The third-order valence-electron chi connectivity index (χ3n) is 5.05. The normalized spacial score (nSPS) is 15.2. The Kier molecular flexibility index (Phi) is 7.92. The van der Waals surface area contributed by atoms with E-state index < -0.39 is 4.92 Å². The molecule has 0 bridgehead atoms. The van der Waals surface area contributed by atoms with E-state index in [2.05, 4.69) is 10.3 Å². The van der Waals surface area contributed by atoms with Crippen molar-refractivity contribution in [1.29, 1.82) is 0 Å². The lowest BCUT2D eigenvalue weighted by Crippen LogP contribution is -2.19. The van der Waals surface area contributed by atoms with Gasteiger partial charge in [-0.2, -0.15) is 0 Å². The molecule has 0 atom stereocenters.